The van der Waals surface area contributed by atoms with E-state index in [0.717, 1.165) is 4.57 Å². The van der Waals surface area contributed by atoms with Crippen LogP contribution >= 0.6 is 0 Å². The molecule has 1 fully saturated rings. The van der Waals surface area contributed by atoms with E-state index in [1.165, 1.54) is 12.3 Å². The van der Waals surface area contributed by atoms with Crippen LogP contribution in [0.1, 0.15) is 6.23 Å². The SMILES string of the molecule is Nc1ccnc(=O)n1C1O[C@H](CO)[C@@H](O)[C@H]1O. The molecule has 0 spiro atoms. The average Bonchev–Trinajstić information content (AvgIpc) is 2.57. The van der Waals surface area contributed by atoms with Gasteiger partial charge in [0.15, 0.2) is 6.23 Å². The third-order valence-corrected chi connectivity index (χ3v) is 2.69. The maximum absolute atomic E-state index is 11.5. The monoisotopic (exact) mass is 243 g/mol. The molecule has 0 aliphatic carbocycles. The van der Waals surface area contributed by atoms with Crippen molar-refractivity contribution in [3.8, 4) is 0 Å². The number of nitrogens with zero attached hydrogens (tertiary/aromatic N) is 2. The predicted octanol–water partition coefficient (Wildman–Crippen LogP) is -2.56. The zero-order valence-corrected chi connectivity index (χ0v) is 8.80. The lowest BCUT2D eigenvalue weighted by molar-refractivity contribution is -0.0538. The van der Waals surface area contributed by atoms with Gasteiger partial charge in [0.05, 0.1) is 6.61 Å². The molecule has 0 saturated carbocycles. The highest BCUT2D eigenvalue weighted by atomic mass is 16.6. The molecule has 4 atom stereocenters. The smallest absolute Gasteiger partial charge is 0.351 e. The average molecular weight is 243 g/mol. The molecule has 2 rings (SSSR count). The molecule has 2 heterocycles. The summed E-state index contributed by atoms with van der Waals surface area (Å²) in [6.07, 6.45) is -3.51. The van der Waals surface area contributed by atoms with Crippen LogP contribution in [0.5, 0.6) is 0 Å². The van der Waals surface area contributed by atoms with E-state index >= 15 is 0 Å². The van der Waals surface area contributed by atoms with E-state index in [-0.39, 0.29) is 5.82 Å². The summed E-state index contributed by atoms with van der Waals surface area (Å²) >= 11 is 0. The normalized spacial score (nSPS) is 32.9. The van der Waals surface area contributed by atoms with Gasteiger partial charge in [0.2, 0.25) is 0 Å². The number of hydrogen-bond donors (Lipinski definition) is 4. The van der Waals surface area contributed by atoms with Gasteiger partial charge in [-0.3, -0.25) is 0 Å². The zero-order valence-electron chi connectivity index (χ0n) is 8.80. The standard InChI is InChI=1S/C9H13N3O5/c10-5-1-2-11-9(16)12(5)8-7(15)6(14)4(3-13)17-8/h1-2,4,6-8,13-15H,3,10H2/t4-,6-,7-,8?/m1/s1. The molecular formula is C9H13N3O5. The van der Waals surface area contributed by atoms with Crippen LogP contribution in [-0.2, 0) is 4.74 Å². The zero-order chi connectivity index (χ0) is 12.6. The van der Waals surface area contributed by atoms with Crippen molar-refractivity contribution in [1.29, 1.82) is 0 Å². The van der Waals surface area contributed by atoms with Crippen molar-refractivity contribution >= 4 is 5.82 Å². The summed E-state index contributed by atoms with van der Waals surface area (Å²) < 4.78 is 6.11. The first kappa shape index (κ1) is 12.0. The van der Waals surface area contributed by atoms with Crippen molar-refractivity contribution in [3.63, 3.8) is 0 Å². The van der Waals surface area contributed by atoms with Gasteiger partial charge < -0.3 is 25.8 Å². The van der Waals surface area contributed by atoms with Gasteiger partial charge in [-0.15, -0.1) is 0 Å². The first-order chi connectivity index (χ1) is 8.06. The second-order valence-corrected chi connectivity index (χ2v) is 3.75. The highest BCUT2D eigenvalue weighted by Crippen LogP contribution is 2.29. The molecule has 8 heteroatoms. The van der Waals surface area contributed by atoms with Crippen molar-refractivity contribution in [3.05, 3.63) is 22.7 Å². The van der Waals surface area contributed by atoms with Crippen molar-refractivity contribution in [1.82, 2.24) is 9.55 Å². The molecule has 17 heavy (non-hydrogen) atoms. The van der Waals surface area contributed by atoms with Crippen LogP contribution in [0, 0.1) is 0 Å². The molecule has 1 saturated heterocycles. The molecule has 94 valence electrons. The Balaban J connectivity index is 2.39. The molecule has 1 aliphatic rings. The number of nitrogens with two attached hydrogens (primary N) is 1. The minimum Gasteiger partial charge on any atom is -0.394 e. The number of ether oxygens (including phenoxy) is 1. The Morgan fingerprint density at radius 1 is 1.47 bits per heavy atom. The molecule has 5 N–H and O–H groups in total. The van der Waals surface area contributed by atoms with Gasteiger partial charge in [-0.2, -0.15) is 0 Å². The minimum absolute atomic E-state index is 0.0554. The number of rotatable bonds is 2. The molecule has 8 nitrogen and oxygen atoms in total. The fraction of sp³-hybridized carbons (Fsp3) is 0.556. The summed E-state index contributed by atoms with van der Waals surface area (Å²) in [5.41, 5.74) is 4.89. The van der Waals surface area contributed by atoms with Crippen LogP contribution in [0.15, 0.2) is 17.1 Å². The Kier molecular flexibility index (Phi) is 3.11. The van der Waals surface area contributed by atoms with Crippen molar-refractivity contribution in [2.24, 2.45) is 0 Å². The summed E-state index contributed by atoms with van der Waals surface area (Å²) in [6, 6.07) is 1.37. The van der Waals surface area contributed by atoms with Crippen LogP contribution < -0.4 is 11.4 Å². The van der Waals surface area contributed by atoms with Crippen LogP contribution in [0.3, 0.4) is 0 Å². The lowest BCUT2D eigenvalue weighted by Crippen LogP contribution is -2.36. The topological polar surface area (TPSA) is 131 Å². The van der Waals surface area contributed by atoms with E-state index in [4.69, 9.17) is 15.6 Å². The number of nitrogen functional groups attached to an aromatic ring is 1. The Morgan fingerprint density at radius 3 is 2.71 bits per heavy atom. The molecular weight excluding hydrogens is 230 g/mol. The second kappa shape index (κ2) is 4.41. The van der Waals surface area contributed by atoms with E-state index in [0.29, 0.717) is 0 Å². The van der Waals surface area contributed by atoms with Crippen molar-refractivity contribution in [2.75, 3.05) is 12.3 Å². The van der Waals surface area contributed by atoms with Crippen LogP contribution in [0.4, 0.5) is 5.82 Å². The third kappa shape index (κ3) is 1.91. The Labute approximate surface area is 95.9 Å². The molecule has 0 aromatic carbocycles. The Morgan fingerprint density at radius 2 is 2.18 bits per heavy atom. The Bertz CT molecular complexity index is 462. The molecule has 0 bridgehead atoms. The first-order valence-electron chi connectivity index (χ1n) is 5.01. The van der Waals surface area contributed by atoms with Crippen molar-refractivity contribution in [2.45, 2.75) is 24.5 Å². The van der Waals surface area contributed by atoms with Gasteiger partial charge in [-0.05, 0) is 6.07 Å². The lowest BCUT2D eigenvalue weighted by atomic mass is 10.1. The van der Waals surface area contributed by atoms with E-state index in [9.17, 15) is 15.0 Å². The van der Waals surface area contributed by atoms with Crippen LogP contribution in [0.25, 0.3) is 0 Å². The summed E-state index contributed by atoms with van der Waals surface area (Å²) in [4.78, 5) is 15.0. The van der Waals surface area contributed by atoms with Crippen LogP contribution in [-0.4, -0.2) is 49.8 Å². The fourth-order valence-electron chi connectivity index (χ4n) is 1.78. The summed E-state index contributed by atoms with van der Waals surface area (Å²) in [6.45, 7) is -0.469. The number of aromatic nitrogens is 2. The maximum atomic E-state index is 11.5. The van der Waals surface area contributed by atoms with E-state index in [1.807, 2.05) is 0 Å². The van der Waals surface area contributed by atoms with Gasteiger partial charge in [0.25, 0.3) is 0 Å². The number of aliphatic hydroxyl groups excluding tert-OH is 3. The Hall–Kier alpha value is -1.48. The molecule has 1 aromatic heterocycles. The maximum Gasteiger partial charge on any atom is 0.351 e. The third-order valence-electron chi connectivity index (χ3n) is 2.69. The van der Waals surface area contributed by atoms with Crippen LogP contribution in [0.2, 0.25) is 0 Å². The van der Waals surface area contributed by atoms with Gasteiger partial charge in [-0.1, -0.05) is 0 Å². The predicted molar refractivity (Wildman–Crippen MR) is 55.9 cm³/mol. The second-order valence-electron chi connectivity index (χ2n) is 3.75. The number of hydrogen-bond acceptors (Lipinski definition) is 7. The lowest BCUT2D eigenvalue weighted by Gasteiger charge is -2.18. The molecule has 0 radical (unpaired) electrons. The van der Waals surface area contributed by atoms with E-state index in [1.54, 1.807) is 0 Å². The first-order valence-corrected chi connectivity index (χ1v) is 5.01. The minimum atomic E-state index is -1.35. The highest BCUT2D eigenvalue weighted by molar-refractivity contribution is 5.27. The molecule has 1 aliphatic heterocycles. The van der Waals surface area contributed by atoms with Crippen molar-refractivity contribution < 1.29 is 20.1 Å². The highest BCUT2D eigenvalue weighted by Gasteiger charge is 2.44. The van der Waals surface area contributed by atoms with E-state index < -0.39 is 36.8 Å². The largest absolute Gasteiger partial charge is 0.394 e. The van der Waals surface area contributed by atoms with Gasteiger partial charge in [-0.25, -0.2) is 14.3 Å². The number of aliphatic hydroxyl groups is 3. The van der Waals surface area contributed by atoms with Gasteiger partial charge in [0.1, 0.15) is 24.1 Å². The van der Waals surface area contributed by atoms with Gasteiger partial charge in [0, 0.05) is 6.20 Å². The summed E-state index contributed by atoms with van der Waals surface area (Å²) in [5.74, 6) is 0.0554. The summed E-state index contributed by atoms with van der Waals surface area (Å²) in [7, 11) is 0. The quantitative estimate of drug-likeness (QED) is 0.449. The summed E-state index contributed by atoms with van der Waals surface area (Å²) in [5, 5.41) is 28.2. The molecule has 1 aromatic rings. The molecule has 0 amide bonds. The van der Waals surface area contributed by atoms with Gasteiger partial charge >= 0.3 is 5.69 Å². The van der Waals surface area contributed by atoms with E-state index in [2.05, 4.69) is 4.98 Å². The molecule has 1 unspecified atom stereocenters. The number of anilines is 1. The fourth-order valence-corrected chi connectivity index (χ4v) is 1.78.